The quantitative estimate of drug-likeness (QED) is 0.712. The Labute approximate surface area is 145 Å². The standard InChI is InChI=1S/C21H19FO3/c1-21(2)10-15(23)20(16(24)11-21)19-13-5-3-4-6-17(13)25-18-8-7-12(22)9-14(18)19/h3-9,19-20H,10-11H2,1-2H3/t19-/m0/s1. The summed E-state index contributed by atoms with van der Waals surface area (Å²) < 4.78 is 19.8. The van der Waals surface area contributed by atoms with Crippen LogP contribution in [-0.4, -0.2) is 11.6 Å². The molecule has 0 saturated heterocycles. The monoisotopic (exact) mass is 338 g/mol. The maximum atomic E-state index is 13.9. The van der Waals surface area contributed by atoms with Crippen molar-refractivity contribution in [3.63, 3.8) is 0 Å². The zero-order valence-electron chi connectivity index (χ0n) is 14.2. The zero-order chi connectivity index (χ0) is 17.8. The van der Waals surface area contributed by atoms with Gasteiger partial charge in [0.1, 0.15) is 28.9 Å². The number of rotatable bonds is 1. The molecule has 1 heterocycles. The summed E-state index contributed by atoms with van der Waals surface area (Å²) in [6, 6.07) is 11.6. The topological polar surface area (TPSA) is 43.4 Å². The average Bonchev–Trinajstić information content (AvgIpc) is 2.53. The Morgan fingerprint density at radius 3 is 2.28 bits per heavy atom. The van der Waals surface area contributed by atoms with Crippen LogP contribution >= 0.6 is 0 Å². The van der Waals surface area contributed by atoms with E-state index in [9.17, 15) is 14.0 Å². The van der Waals surface area contributed by atoms with Crippen molar-refractivity contribution in [2.75, 3.05) is 0 Å². The molecule has 1 aliphatic carbocycles. The first-order valence-electron chi connectivity index (χ1n) is 8.47. The Kier molecular flexibility index (Phi) is 3.53. The first-order chi connectivity index (χ1) is 11.9. The Morgan fingerprint density at radius 2 is 1.56 bits per heavy atom. The highest BCUT2D eigenvalue weighted by Crippen LogP contribution is 2.50. The van der Waals surface area contributed by atoms with Crippen LogP contribution in [0.1, 0.15) is 43.7 Å². The van der Waals surface area contributed by atoms with Crippen LogP contribution in [0.2, 0.25) is 0 Å². The predicted octanol–water partition coefficient (Wildman–Crippen LogP) is 4.64. The molecule has 0 aromatic heterocycles. The Hall–Kier alpha value is -2.49. The lowest BCUT2D eigenvalue weighted by Crippen LogP contribution is -2.41. The summed E-state index contributed by atoms with van der Waals surface area (Å²) in [4.78, 5) is 25.7. The minimum atomic E-state index is -0.779. The summed E-state index contributed by atoms with van der Waals surface area (Å²) in [6.07, 6.45) is 0.709. The molecular formula is C21H19FO3. The van der Waals surface area contributed by atoms with Crippen molar-refractivity contribution in [3.8, 4) is 11.5 Å². The third-order valence-corrected chi connectivity index (χ3v) is 5.11. The molecule has 2 aromatic carbocycles. The van der Waals surface area contributed by atoms with Crippen molar-refractivity contribution in [1.29, 1.82) is 0 Å². The van der Waals surface area contributed by atoms with Gasteiger partial charge in [0.05, 0.1) is 5.92 Å². The van der Waals surface area contributed by atoms with Crippen LogP contribution in [-0.2, 0) is 9.59 Å². The zero-order valence-corrected chi connectivity index (χ0v) is 14.2. The van der Waals surface area contributed by atoms with E-state index in [0.717, 1.165) is 5.56 Å². The number of hydrogen-bond donors (Lipinski definition) is 0. The van der Waals surface area contributed by atoms with Crippen LogP contribution in [0.15, 0.2) is 42.5 Å². The minimum Gasteiger partial charge on any atom is -0.457 e. The molecule has 25 heavy (non-hydrogen) atoms. The Bertz CT molecular complexity index is 864. The summed E-state index contributed by atoms with van der Waals surface area (Å²) >= 11 is 0. The lowest BCUT2D eigenvalue weighted by molar-refractivity contribution is -0.140. The van der Waals surface area contributed by atoms with Crippen molar-refractivity contribution in [2.45, 2.75) is 32.6 Å². The third-order valence-electron chi connectivity index (χ3n) is 5.11. The molecule has 0 radical (unpaired) electrons. The molecule has 2 aromatic rings. The summed E-state index contributed by atoms with van der Waals surface area (Å²) in [5, 5.41) is 0. The summed E-state index contributed by atoms with van der Waals surface area (Å²) in [5.41, 5.74) is 1.03. The van der Waals surface area contributed by atoms with Gasteiger partial charge in [-0.1, -0.05) is 32.0 Å². The largest absolute Gasteiger partial charge is 0.457 e. The van der Waals surface area contributed by atoms with Gasteiger partial charge in [-0.2, -0.15) is 0 Å². The number of ether oxygens (including phenoxy) is 1. The second-order valence-electron chi connectivity index (χ2n) is 7.73. The van der Waals surface area contributed by atoms with Gasteiger partial charge in [0.25, 0.3) is 0 Å². The van der Waals surface area contributed by atoms with Gasteiger partial charge in [-0.05, 0) is 29.7 Å². The highest BCUT2D eigenvalue weighted by Gasteiger charge is 2.46. The first-order valence-corrected chi connectivity index (χ1v) is 8.47. The fourth-order valence-electron chi connectivity index (χ4n) is 4.11. The number of Topliss-reactive ketones (excluding diaryl/α,β-unsaturated/α-hetero) is 2. The summed E-state index contributed by atoms with van der Waals surface area (Å²) in [5.74, 6) is -0.683. The van der Waals surface area contributed by atoms with E-state index in [-0.39, 0.29) is 17.0 Å². The molecule has 0 N–H and O–H groups in total. The molecule has 4 heteroatoms. The Morgan fingerprint density at radius 1 is 0.920 bits per heavy atom. The van der Waals surface area contributed by atoms with E-state index >= 15 is 0 Å². The normalized spacial score (nSPS) is 22.1. The minimum absolute atomic E-state index is 0.0711. The number of carbonyl (C=O) groups excluding carboxylic acids is 2. The first kappa shape index (κ1) is 16.0. The van der Waals surface area contributed by atoms with Crippen LogP contribution < -0.4 is 4.74 Å². The van der Waals surface area contributed by atoms with Crippen LogP contribution in [0.3, 0.4) is 0 Å². The number of hydrogen-bond acceptors (Lipinski definition) is 3. The number of carbonyl (C=O) groups is 2. The fourth-order valence-corrected chi connectivity index (χ4v) is 4.11. The van der Waals surface area contributed by atoms with Gasteiger partial charge in [0.2, 0.25) is 0 Å². The van der Waals surface area contributed by atoms with E-state index in [0.29, 0.717) is 29.9 Å². The fraction of sp³-hybridized carbons (Fsp3) is 0.333. The van der Waals surface area contributed by atoms with Crippen LogP contribution in [0, 0.1) is 17.2 Å². The molecule has 4 rings (SSSR count). The Balaban J connectivity index is 1.88. The number of fused-ring (bicyclic) bond motifs is 2. The highest BCUT2D eigenvalue weighted by atomic mass is 19.1. The molecule has 0 amide bonds. The van der Waals surface area contributed by atoms with Gasteiger partial charge >= 0.3 is 0 Å². The molecule has 1 fully saturated rings. The molecule has 1 atom stereocenters. The molecular weight excluding hydrogens is 319 g/mol. The average molecular weight is 338 g/mol. The van der Waals surface area contributed by atoms with Gasteiger partial charge in [-0.3, -0.25) is 9.59 Å². The lowest BCUT2D eigenvalue weighted by Gasteiger charge is -2.38. The SMILES string of the molecule is CC1(C)CC(=O)C([C@H]2c3ccccc3Oc3ccc(F)cc32)C(=O)C1. The maximum Gasteiger partial charge on any atom is 0.144 e. The van der Waals surface area contributed by atoms with Crippen LogP contribution in [0.5, 0.6) is 11.5 Å². The number of benzene rings is 2. The molecule has 0 bridgehead atoms. The van der Waals surface area contributed by atoms with E-state index in [1.807, 2.05) is 38.1 Å². The molecule has 0 unspecified atom stereocenters. The second kappa shape index (κ2) is 5.51. The van der Waals surface area contributed by atoms with Crippen molar-refractivity contribution in [3.05, 3.63) is 59.4 Å². The van der Waals surface area contributed by atoms with Gasteiger partial charge < -0.3 is 4.74 Å². The number of halogens is 1. The van der Waals surface area contributed by atoms with Crippen molar-refractivity contribution in [2.24, 2.45) is 11.3 Å². The van der Waals surface area contributed by atoms with Gasteiger partial charge in [0.15, 0.2) is 0 Å². The molecule has 2 aliphatic rings. The van der Waals surface area contributed by atoms with E-state index in [2.05, 4.69) is 0 Å². The highest BCUT2D eigenvalue weighted by molar-refractivity contribution is 6.06. The van der Waals surface area contributed by atoms with Gasteiger partial charge in [0, 0.05) is 29.9 Å². The van der Waals surface area contributed by atoms with Crippen LogP contribution in [0.4, 0.5) is 4.39 Å². The summed E-state index contributed by atoms with van der Waals surface area (Å²) in [6.45, 7) is 3.87. The predicted molar refractivity (Wildman–Crippen MR) is 91.3 cm³/mol. The van der Waals surface area contributed by atoms with Crippen molar-refractivity contribution < 1.29 is 18.7 Å². The number of para-hydroxylation sites is 1. The molecule has 3 nitrogen and oxygen atoms in total. The van der Waals surface area contributed by atoms with E-state index in [1.54, 1.807) is 6.07 Å². The van der Waals surface area contributed by atoms with Crippen molar-refractivity contribution >= 4 is 11.6 Å². The maximum absolute atomic E-state index is 13.9. The van der Waals surface area contributed by atoms with Crippen LogP contribution in [0.25, 0.3) is 0 Å². The van der Waals surface area contributed by atoms with Gasteiger partial charge in [-0.25, -0.2) is 4.39 Å². The lowest BCUT2D eigenvalue weighted by atomic mass is 9.65. The summed E-state index contributed by atoms with van der Waals surface area (Å²) in [7, 11) is 0. The molecule has 1 saturated carbocycles. The molecule has 1 aliphatic heterocycles. The second-order valence-corrected chi connectivity index (χ2v) is 7.73. The van der Waals surface area contributed by atoms with E-state index in [1.165, 1.54) is 12.1 Å². The third kappa shape index (κ3) is 2.66. The number of ketones is 2. The molecule has 128 valence electrons. The molecule has 0 spiro atoms. The van der Waals surface area contributed by atoms with E-state index in [4.69, 9.17) is 4.74 Å². The van der Waals surface area contributed by atoms with Crippen molar-refractivity contribution in [1.82, 2.24) is 0 Å². The smallest absolute Gasteiger partial charge is 0.144 e. The van der Waals surface area contributed by atoms with Gasteiger partial charge in [-0.15, -0.1) is 0 Å². The van der Waals surface area contributed by atoms with E-state index < -0.39 is 17.7 Å².